The van der Waals surface area contributed by atoms with Crippen LogP contribution in [0.1, 0.15) is 33.1 Å². The molecule has 0 aromatic heterocycles. The molecule has 1 unspecified atom stereocenters. The Morgan fingerprint density at radius 3 is 2.62 bits per heavy atom. The molecular weight excluding hydrogens is 396 g/mol. The minimum atomic E-state index is 0.524. The second-order valence-electron chi connectivity index (χ2n) is 5.87. The summed E-state index contributed by atoms with van der Waals surface area (Å²) in [5.41, 5.74) is 1.11. The third-order valence-electron chi connectivity index (χ3n) is 4.09. The average molecular weight is 420 g/mol. The number of methoxy groups -OCH3 is 1. The molecule has 2 rings (SSSR count). The van der Waals surface area contributed by atoms with Gasteiger partial charge in [0.25, 0.3) is 0 Å². The zero-order chi connectivity index (χ0) is 15.4. The third kappa shape index (κ3) is 4.60. The molecule has 0 aliphatic carbocycles. The Balaban J connectivity index is 2.04. The van der Waals surface area contributed by atoms with Crippen LogP contribution in [0.3, 0.4) is 0 Å². The Labute approximate surface area is 144 Å². The Morgan fingerprint density at radius 2 is 1.95 bits per heavy atom. The van der Waals surface area contributed by atoms with E-state index in [0.29, 0.717) is 12.1 Å². The van der Waals surface area contributed by atoms with Crippen LogP contribution in [0.25, 0.3) is 0 Å². The van der Waals surface area contributed by atoms with Crippen molar-refractivity contribution in [1.29, 1.82) is 0 Å². The van der Waals surface area contributed by atoms with E-state index in [4.69, 9.17) is 4.74 Å². The van der Waals surface area contributed by atoms with Crippen LogP contribution in [0.5, 0.6) is 5.75 Å². The van der Waals surface area contributed by atoms with Gasteiger partial charge in [0, 0.05) is 29.2 Å². The van der Waals surface area contributed by atoms with Crippen LogP contribution in [0.2, 0.25) is 0 Å². The van der Waals surface area contributed by atoms with Crippen LogP contribution < -0.4 is 10.1 Å². The molecule has 1 saturated heterocycles. The molecule has 0 amide bonds. The summed E-state index contributed by atoms with van der Waals surface area (Å²) in [6.07, 6.45) is 3.65. The van der Waals surface area contributed by atoms with E-state index in [2.05, 4.69) is 62.0 Å². The van der Waals surface area contributed by atoms with Crippen molar-refractivity contribution in [2.45, 2.75) is 45.2 Å². The van der Waals surface area contributed by atoms with Crippen LogP contribution in [0.15, 0.2) is 21.1 Å². The van der Waals surface area contributed by atoms with E-state index in [0.717, 1.165) is 20.4 Å². The Bertz CT molecular complexity index is 480. The standard InChI is InChI=1S/C16H24Br2N2O/c1-11(2)20-7-4-5-12(6-8-20)19-15-10-16(21-3)14(18)9-13(15)17/h9-12,19H,4-8H2,1-3H3. The van der Waals surface area contributed by atoms with E-state index in [1.54, 1.807) is 7.11 Å². The molecule has 1 heterocycles. The summed E-state index contributed by atoms with van der Waals surface area (Å²) in [6.45, 7) is 6.94. The van der Waals surface area contributed by atoms with Crippen molar-refractivity contribution in [3.05, 3.63) is 21.1 Å². The summed E-state index contributed by atoms with van der Waals surface area (Å²) in [5, 5.41) is 3.68. The van der Waals surface area contributed by atoms with Crippen LogP contribution in [-0.2, 0) is 0 Å². The number of likely N-dealkylation sites (tertiary alicyclic amines) is 1. The van der Waals surface area contributed by atoms with Gasteiger partial charge in [0.05, 0.1) is 17.3 Å². The average Bonchev–Trinajstić information content (AvgIpc) is 2.67. The third-order valence-corrected chi connectivity index (χ3v) is 5.37. The van der Waals surface area contributed by atoms with Gasteiger partial charge in [0.1, 0.15) is 5.75 Å². The first-order valence-electron chi connectivity index (χ1n) is 7.55. The molecule has 21 heavy (non-hydrogen) atoms. The molecule has 5 heteroatoms. The van der Waals surface area contributed by atoms with Crippen molar-refractivity contribution in [1.82, 2.24) is 4.90 Å². The summed E-state index contributed by atoms with van der Waals surface area (Å²) < 4.78 is 7.42. The first-order valence-corrected chi connectivity index (χ1v) is 9.13. The minimum absolute atomic E-state index is 0.524. The summed E-state index contributed by atoms with van der Waals surface area (Å²) in [7, 11) is 1.70. The highest BCUT2D eigenvalue weighted by Crippen LogP contribution is 2.35. The molecule has 3 nitrogen and oxygen atoms in total. The molecular formula is C16H24Br2N2O. The normalized spacial score (nSPS) is 20.4. The maximum Gasteiger partial charge on any atom is 0.135 e. The van der Waals surface area contributed by atoms with Gasteiger partial charge in [-0.1, -0.05) is 0 Å². The number of ether oxygens (including phenoxy) is 1. The second kappa shape index (κ2) is 7.84. The highest BCUT2D eigenvalue weighted by molar-refractivity contribution is 9.11. The summed E-state index contributed by atoms with van der Waals surface area (Å²) >= 11 is 7.15. The minimum Gasteiger partial charge on any atom is -0.495 e. The Kier molecular flexibility index (Phi) is 6.38. The monoisotopic (exact) mass is 418 g/mol. The van der Waals surface area contributed by atoms with Gasteiger partial charge >= 0.3 is 0 Å². The number of halogens is 2. The van der Waals surface area contributed by atoms with E-state index in [-0.39, 0.29) is 0 Å². The topological polar surface area (TPSA) is 24.5 Å². The zero-order valence-electron chi connectivity index (χ0n) is 13.0. The highest BCUT2D eigenvalue weighted by Gasteiger charge is 2.19. The number of nitrogens with zero attached hydrogens (tertiary/aromatic N) is 1. The lowest BCUT2D eigenvalue weighted by Crippen LogP contribution is -2.32. The van der Waals surface area contributed by atoms with Gasteiger partial charge in [0.15, 0.2) is 0 Å². The van der Waals surface area contributed by atoms with E-state index >= 15 is 0 Å². The largest absolute Gasteiger partial charge is 0.495 e. The number of rotatable bonds is 4. The fourth-order valence-electron chi connectivity index (χ4n) is 2.80. The molecule has 0 saturated carbocycles. The summed E-state index contributed by atoms with van der Waals surface area (Å²) in [4.78, 5) is 2.57. The van der Waals surface area contributed by atoms with Crippen molar-refractivity contribution in [2.24, 2.45) is 0 Å². The van der Waals surface area contributed by atoms with Crippen molar-refractivity contribution >= 4 is 37.5 Å². The lowest BCUT2D eigenvalue weighted by molar-refractivity contribution is 0.230. The van der Waals surface area contributed by atoms with E-state index in [9.17, 15) is 0 Å². The van der Waals surface area contributed by atoms with Crippen molar-refractivity contribution in [3.63, 3.8) is 0 Å². The number of anilines is 1. The summed E-state index contributed by atoms with van der Waals surface area (Å²) in [5.74, 6) is 0.859. The number of nitrogens with one attached hydrogen (secondary N) is 1. The molecule has 1 N–H and O–H groups in total. The molecule has 1 atom stereocenters. The maximum atomic E-state index is 5.39. The molecule has 1 aliphatic heterocycles. The quantitative estimate of drug-likeness (QED) is 0.751. The molecule has 0 spiro atoms. The van der Waals surface area contributed by atoms with Crippen LogP contribution >= 0.6 is 31.9 Å². The van der Waals surface area contributed by atoms with Crippen LogP contribution in [0, 0.1) is 0 Å². The van der Waals surface area contributed by atoms with E-state index in [1.165, 1.54) is 32.4 Å². The number of hydrogen-bond donors (Lipinski definition) is 1. The van der Waals surface area contributed by atoms with Crippen LogP contribution in [-0.4, -0.2) is 37.2 Å². The Hall–Kier alpha value is -0.260. The van der Waals surface area contributed by atoms with E-state index < -0.39 is 0 Å². The fourth-order valence-corrected chi connectivity index (χ4v) is 4.07. The Morgan fingerprint density at radius 1 is 1.19 bits per heavy atom. The maximum absolute atomic E-state index is 5.39. The number of benzene rings is 1. The van der Waals surface area contributed by atoms with Gasteiger partial charge in [-0.3, -0.25) is 0 Å². The van der Waals surface area contributed by atoms with Crippen molar-refractivity contribution in [3.8, 4) is 5.75 Å². The van der Waals surface area contributed by atoms with E-state index in [1.807, 2.05) is 6.07 Å². The SMILES string of the molecule is COc1cc(NC2CCCN(C(C)C)CC2)c(Br)cc1Br. The van der Waals surface area contributed by atoms with Crippen LogP contribution in [0.4, 0.5) is 5.69 Å². The van der Waals surface area contributed by atoms with Gasteiger partial charge in [-0.25, -0.2) is 0 Å². The smallest absolute Gasteiger partial charge is 0.135 e. The van der Waals surface area contributed by atoms with Gasteiger partial charge in [0.2, 0.25) is 0 Å². The lowest BCUT2D eigenvalue weighted by atomic mass is 10.1. The van der Waals surface area contributed by atoms with Gasteiger partial charge in [-0.15, -0.1) is 0 Å². The van der Waals surface area contributed by atoms with Gasteiger partial charge in [-0.2, -0.15) is 0 Å². The second-order valence-corrected chi connectivity index (χ2v) is 7.58. The molecule has 1 fully saturated rings. The highest BCUT2D eigenvalue weighted by atomic mass is 79.9. The van der Waals surface area contributed by atoms with Gasteiger partial charge < -0.3 is 15.0 Å². The molecule has 1 aromatic carbocycles. The fraction of sp³-hybridized carbons (Fsp3) is 0.625. The van der Waals surface area contributed by atoms with Gasteiger partial charge in [-0.05, 0) is 77.6 Å². The first kappa shape index (κ1) is 17.1. The number of hydrogen-bond acceptors (Lipinski definition) is 3. The first-order chi connectivity index (χ1) is 10.0. The molecule has 1 aliphatic rings. The predicted molar refractivity (Wildman–Crippen MR) is 96.4 cm³/mol. The van der Waals surface area contributed by atoms with Crippen molar-refractivity contribution < 1.29 is 4.74 Å². The van der Waals surface area contributed by atoms with Crippen molar-refractivity contribution in [2.75, 3.05) is 25.5 Å². The predicted octanol–water partition coefficient (Wildman–Crippen LogP) is 4.90. The molecule has 0 bridgehead atoms. The molecule has 118 valence electrons. The molecule has 1 aromatic rings. The lowest BCUT2D eigenvalue weighted by Gasteiger charge is -2.24. The molecule has 0 radical (unpaired) electrons. The zero-order valence-corrected chi connectivity index (χ0v) is 16.1. The summed E-state index contributed by atoms with van der Waals surface area (Å²) in [6, 6.07) is 5.26.